The van der Waals surface area contributed by atoms with Crippen molar-refractivity contribution in [2.45, 2.75) is 50.8 Å². The molecule has 1 aromatic heterocycles. The van der Waals surface area contributed by atoms with Crippen LogP contribution in [-0.2, 0) is 9.53 Å². The van der Waals surface area contributed by atoms with Gasteiger partial charge in [-0.15, -0.1) is 0 Å². The molecule has 1 N–H and O–H groups in total. The number of carbonyl (C=O) groups is 2. The molecule has 0 aliphatic carbocycles. The number of ether oxygens (including phenoxy) is 1. The molecule has 1 amide bonds. The number of esters is 1. The fourth-order valence-electron chi connectivity index (χ4n) is 2.74. The molecule has 0 bridgehead atoms. The minimum absolute atomic E-state index is 0.180. The average molecular weight is 412 g/mol. The summed E-state index contributed by atoms with van der Waals surface area (Å²) in [6.45, 7) is 9.54. The van der Waals surface area contributed by atoms with Crippen molar-refractivity contribution in [3.8, 4) is 6.07 Å². The summed E-state index contributed by atoms with van der Waals surface area (Å²) in [5.74, 6) is -0.415. The Balaban J connectivity index is 2.21. The van der Waals surface area contributed by atoms with Crippen LogP contribution in [0.5, 0.6) is 0 Å². The van der Waals surface area contributed by atoms with Crippen molar-refractivity contribution >= 4 is 29.3 Å². The molecule has 0 radical (unpaired) electrons. The maximum absolute atomic E-state index is 12.7. The van der Waals surface area contributed by atoms with E-state index in [1.165, 1.54) is 17.8 Å². The lowest BCUT2D eigenvalue weighted by atomic mass is 10.0. The Bertz CT molecular complexity index is 951. The van der Waals surface area contributed by atoms with Crippen molar-refractivity contribution in [2.75, 3.05) is 11.9 Å². The van der Waals surface area contributed by atoms with Gasteiger partial charge in [0.2, 0.25) is 5.91 Å². The van der Waals surface area contributed by atoms with E-state index in [0.717, 1.165) is 11.3 Å². The number of nitriles is 1. The molecule has 2 aromatic rings. The van der Waals surface area contributed by atoms with Gasteiger partial charge >= 0.3 is 5.97 Å². The molecule has 1 atom stereocenters. The molecule has 0 fully saturated rings. The largest absolute Gasteiger partial charge is 0.462 e. The van der Waals surface area contributed by atoms with E-state index >= 15 is 0 Å². The third-order valence-corrected chi connectivity index (χ3v) is 5.39. The Labute approximate surface area is 175 Å². The van der Waals surface area contributed by atoms with Crippen LogP contribution >= 0.6 is 11.8 Å². The molecule has 1 heterocycles. The number of nitrogens with one attached hydrogen (secondary N) is 1. The molecule has 0 aliphatic rings. The van der Waals surface area contributed by atoms with E-state index in [4.69, 9.17) is 4.74 Å². The zero-order valence-electron chi connectivity index (χ0n) is 17.3. The predicted octanol–water partition coefficient (Wildman–Crippen LogP) is 4.68. The van der Waals surface area contributed by atoms with Gasteiger partial charge in [0.1, 0.15) is 11.1 Å². The van der Waals surface area contributed by atoms with Crippen LogP contribution in [0.3, 0.4) is 0 Å². The number of carbonyl (C=O) groups excluding carboxylic acids is 2. The Kier molecular flexibility index (Phi) is 7.80. The van der Waals surface area contributed by atoms with Crippen molar-refractivity contribution in [3.05, 3.63) is 52.7 Å². The highest BCUT2D eigenvalue weighted by Crippen LogP contribution is 2.29. The van der Waals surface area contributed by atoms with Crippen molar-refractivity contribution in [3.63, 3.8) is 0 Å². The summed E-state index contributed by atoms with van der Waals surface area (Å²) in [4.78, 5) is 29.1. The summed E-state index contributed by atoms with van der Waals surface area (Å²) < 4.78 is 5.01. The van der Waals surface area contributed by atoms with Gasteiger partial charge in [-0.1, -0.05) is 43.8 Å². The van der Waals surface area contributed by atoms with E-state index in [1.807, 2.05) is 24.3 Å². The Morgan fingerprint density at radius 3 is 2.59 bits per heavy atom. The lowest BCUT2D eigenvalue weighted by molar-refractivity contribution is -0.115. The third kappa shape index (κ3) is 5.58. The molecule has 6 nitrogen and oxygen atoms in total. The number of thioether (sulfide) groups is 1. The number of nitrogens with zero attached hydrogens (tertiary/aromatic N) is 2. The molecular formula is C22H25N3O3S. The zero-order chi connectivity index (χ0) is 21.6. The third-order valence-electron chi connectivity index (χ3n) is 4.29. The fraction of sp³-hybridized carbons (Fsp3) is 0.364. The minimum Gasteiger partial charge on any atom is -0.462 e. The van der Waals surface area contributed by atoms with E-state index in [0.29, 0.717) is 10.7 Å². The number of benzene rings is 1. The Morgan fingerprint density at radius 1 is 1.28 bits per heavy atom. The maximum atomic E-state index is 12.7. The van der Waals surface area contributed by atoms with Gasteiger partial charge in [0.15, 0.2) is 0 Å². The van der Waals surface area contributed by atoms with Gasteiger partial charge < -0.3 is 10.1 Å². The lowest BCUT2D eigenvalue weighted by Crippen LogP contribution is -2.23. The minimum atomic E-state index is -0.512. The monoisotopic (exact) mass is 411 g/mol. The van der Waals surface area contributed by atoms with Gasteiger partial charge in [-0.25, -0.2) is 9.78 Å². The normalized spacial score (nSPS) is 11.6. The van der Waals surface area contributed by atoms with Crippen LogP contribution in [0.2, 0.25) is 0 Å². The molecule has 1 aromatic carbocycles. The first-order valence-corrected chi connectivity index (χ1v) is 10.3. The van der Waals surface area contributed by atoms with E-state index in [-0.39, 0.29) is 29.6 Å². The number of hydrogen-bond donors (Lipinski definition) is 1. The SMILES string of the molecule is CCOC(=O)c1cc(C#N)c(S[C@H](C)C(=O)Nc2ccccc2C(C)C)nc1C. The number of rotatable bonds is 7. The Hall–Kier alpha value is -2.85. The average Bonchev–Trinajstić information content (AvgIpc) is 2.68. The summed E-state index contributed by atoms with van der Waals surface area (Å²) in [5.41, 5.74) is 2.80. The summed E-state index contributed by atoms with van der Waals surface area (Å²) in [7, 11) is 0. The molecule has 0 spiro atoms. The van der Waals surface area contributed by atoms with Crippen LogP contribution in [0.1, 0.15) is 60.8 Å². The van der Waals surface area contributed by atoms with Crippen molar-refractivity contribution in [2.24, 2.45) is 0 Å². The molecule has 152 valence electrons. The topological polar surface area (TPSA) is 92.1 Å². The Morgan fingerprint density at radius 2 is 1.97 bits per heavy atom. The number of para-hydroxylation sites is 1. The van der Waals surface area contributed by atoms with E-state index in [1.54, 1.807) is 20.8 Å². The van der Waals surface area contributed by atoms with Gasteiger partial charge in [0.25, 0.3) is 0 Å². The highest BCUT2D eigenvalue weighted by atomic mass is 32.2. The van der Waals surface area contributed by atoms with Crippen LogP contribution in [-0.4, -0.2) is 28.7 Å². The molecule has 0 saturated carbocycles. The molecular weight excluding hydrogens is 386 g/mol. The first-order chi connectivity index (χ1) is 13.8. The number of aromatic nitrogens is 1. The fourth-order valence-corrected chi connectivity index (χ4v) is 3.66. The van der Waals surface area contributed by atoms with Gasteiger partial charge in [0.05, 0.1) is 28.7 Å². The van der Waals surface area contributed by atoms with Crippen LogP contribution < -0.4 is 5.32 Å². The molecule has 0 unspecified atom stereocenters. The summed E-state index contributed by atoms with van der Waals surface area (Å²) >= 11 is 1.19. The lowest BCUT2D eigenvalue weighted by Gasteiger charge is -2.17. The van der Waals surface area contributed by atoms with Gasteiger partial charge in [-0.05, 0) is 44.4 Å². The highest BCUT2D eigenvalue weighted by molar-refractivity contribution is 8.00. The van der Waals surface area contributed by atoms with E-state index in [9.17, 15) is 14.9 Å². The maximum Gasteiger partial charge on any atom is 0.340 e. The number of pyridine rings is 1. The number of anilines is 1. The van der Waals surface area contributed by atoms with Crippen molar-refractivity contribution < 1.29 is 14.3 Å². The second kappa shape index (κ2) is 10.1. The molecule has 2 rings (SSSR count). The predicted molar refractivity (Wildman–Crippen MR) is 114 cm³/mol. The smallest absolute Gasteiger partial charge is 0.340 e. The summed E-state index contributed by atoms with van der Waals surface area (Å²) in [6.07, 6.45) is 0. The van der Waals surface area contributed by atoms with Crippen molar-refractivity contribution in [1.82, 2.24) is 4.98 Å². The first-order valence-electron chi connectivity index (χ1n) is 9.43. The quantitative estimate of drug-likeness (QED) is 0.525. The molecule has 0 saturated heterocycles. The molecule has 29 heavy (non-hydrogen) atoms. The van der Waals surface area contributed by atoms with Gasteiger partial charge in [-0.3, -0.25) is 4.79 Å². The number of hydrogen-bond acceptors (Lipinski definition) is 6. The highest BCUT2D eigenvalue weighted by Gasteiger charge is 2.21. The van der Waals surface area contributed by atoms with Gasteiger partial charge in [-0.2, -0.15) is 5.26 Å². The van der Waals surface area contributed by atoms with Crippen LogP contribution in [0.4, 0.5) is 5.69 Å². The zero-order valence-corrected chi connectivity index (χ0v) is 18.1. The second-order valence-corrected chi connectivity index (χ2v) is 8.13. The van der Waals surface area contributed by atoms with Crippen molar-refractivity contribution in [1.29, 1.82) is 5.26 Å². The van der Waals surface area contributed by atoms with Gasteiger partial charge in [0, 0.05) is 5.69 Å². The van der Waals surface area contributed by atoms with E-state index < -0.39 is 11.2 Å². The van der Waals surface area contributed by atoms with Crippen LogP contribution in [0, 0.1) is 18.3 Å². The molecule has 7 heteroatoms. The van der Waals surface area contributed by atoms with Crippen LogP contribution in [0.25, 0.3) is 0 Å². The van der Waals surface area contributed by atoms with E-state index in [2.05, 4.69) is 30.2 Å². The number of amides is 1. The summed E-state index contributed by atoms with van der Waals surface area (Å²) in [6, 6.07) is 11.2. The summed E-state index contributed by atoms with van der Waals surface area (Å²) in [5, 5.41) is 12.4. The number of aryl methyl sites for hydroxylation is 1. The standard InChI is InChI=1S/C22H25N3O3S/c1-6-28-22(27)18-11-16(12-23)21(24-14(18)4)29-15(5)20(26)25-19-10-8-7-9-17(19)13(2)3/h7-11,13,15H,6H2,1-5H3,(H,25,26)/t15-/m1/s1. The second-order valence-electron chi connectivity index (χ2n) is 6.80. The first kappa shape index (κ1) is 22.4. The van der Waals surface area contributed by atoms with Crippen LogP contribution in [0.15, 0.2) is 35.4 Å². The molecule has 0 aliphatic heterocycles.